The van der Waals surface area contributed by atoms with Crippen LogP contribution in [0, 0.1) is 24.1 Å². The number of fused-ring (bicyclic) bond motifs is 1. The second-order valence-electron chi connectivity index (χ2n) is 20.8. The molecule has 378 valence electrons. The molecule has 4 atom stereocenters. The van der Waals surface area contributed by atoms with Gasteiger partial charge in [-0.3, -0.25) is 19.2 Å². The molecule has 9 rings (SSSR count). The van der Waals surface area contributed by atoms with Gasteiger partial charge in [-0.1, -0.05) is 69.7 Å². The quantitative estimate of drug-likeness (QED) is 0.0820. The Bertz CT molecular complexity index is 2890. The number of pyridine rings is 1. The number of hydrogen-bond acceptors (Lipinski definition) is 12. The number of hydrogen-bond donors (Lipinski definition) is 1. The maximum atomic E-state index is 14.2. The van der Waals surface area contributed by atoms with Crippen molar-refractivity contribution in [1.29, 1.82) is 0 Å². The SMILES string of the molecule is Cc1ncsc1-c1ccc(CCC(=O)[C@@H]2C[C@@H](O)CN2C(=O)[C@@H](CC(=O)CCCCCC(=O)N2CCN(c3cccc(-c4cnc5ccc(N6CCC[C@@H]6c6cccc(F)c6)nn45)n3)CC2)C(C)(C)C)cc1. The third-order valence-corrected chi connectivity index (χ3v) is 15.7. The van der Waals surface area contributed by atoms with E-state index in [9.17, 15) is 28.7 Å². The fourth-order valence-corrected chi connectivity index (χ4v) is 11.5. The first-order valence-corrected chi connectivity index (χ1v) is 26.5. The van der Waals surface area contributed by atoms with Gasteiger partial charge in [0.25, 0.3) is 0 Å². The van der Waals surface area contributed by atoms with E-state index in [1.807, 2.05) is 103 Å². The van der Waals surface area contributed by atoms with Crippen LogP contribution in [-0.2, 0) is 25.6 Å². The molecule has 72 heavy (non-hydrogen) atoms. The Morgan fingerprint density at radius 1 is 0.861 bits per heavy atom. The highest BCUT2D eigenvalue weighted by atomic mass is 32.1. The van der Waals surface area contributed by atoms with Crippen LogP contribution in [0.15, 0.2) is 90.6 Å². The first-order chi connectivity index (χ1) is 34.7. The molecule has 0 unspecified atom stereocenters. The first kappa shape index (κ1) is 50.5. The summed E-state index contributed by atoms with van der Waals surface area (Å²) in [5.41, 5.74) is 7.55. The summed E-state index contributed by atoms with van der Waals surface area (Å²) in [7, 11) is 0. The summed E-state index contributed by atoms with van der Waals surface area (Å²) in [6, 6.07) is 24.1. The van der Waals surface area contributed by atoms with E-state index in [2.05, 4.69) is 19.8 Å². The van der Waals surface area contributed by atoms with Gasteiger partial charge in [-0.05, 0) is 97.5 Å². The van der Waals surface area contributed by atoms with Crippen LogP contribution in [0.1, 0.15) is 108 Å². The zero-order valence-electron chi connectivity index (χ0n) is 41.9. The second-order valence-corrected chi connectivity index (χ2v) is 21.7. The summed E-state index contributed by atoms with van der Waals surface area (Å²) in [6.45, 7) is 11.2. The lowest BCUT2D eigenvalue weighted by molar-refractivity contribution is -0.146. The molecule has 0 radical (unpaired) electrons. The van der Waals surface area contributed by atoms with Crippen LogP contribution in [0.2, 0.25) is 0 Å². The number of nitrogens with zero attached hydrogens (tertiary/aromatic N) is 9. The molecule has 3 fully saturated rings. The maximum Gasteiger partial charge on any atom is 0.227 e. The summed E-state index contributed by atoms with van der Waals surface area (Å²) in [5, 5.41) is 15.7. The van der Waals surface area contributed by atoms with E-state index < -0.39 is 23.5 Å². The number of rotatable bonds is 18. The van der Waals surface area contributed by atoms with E-state index >= 15 is 0 Å². The molecule has 2 aromatic carbocycles. The number of β-amino-alcohol motifs (C(OH)–C–C–N with tert-alkyl or cyclic N) is 1. The van der Waals surface area contributed by atoms with E-state index in [4.69, 9.17) is 10.1 Å². The molecule has 0 bridgehead atoms. The molecule has 2 amide bonds. The summed E-state index contributed by atoms with van der Waals surface area (Å²) < 4.78 is 16.0. The number of anilines is 2. The summed E-state index contributed by atoms with van der Waals surface area (Å²) in [4.78, 5) is 77.6. The van der Waals surface area contributed by atoms with Gasteiger partial charge in [-0.15, -0.1) is 16.4 Å². The van der Waals surface area contributed by atoms with Gasteiger partial charge in [0.2, 0.25) is 11.8 Å². The molecule has 7 heterocycles. The average molecular weight is 996 g/mol. The van der Waals surface area contributed by atoms with E-state index in [0.717, 1.165) is 76.1 Å². The Morgan fingerprint density at radius 3 is 2.39 bits per heavy atom. The Balaban J connectivity index is 0.717. The van der Waals surface area contributed by atoms with Crippen molar-refractivity contribution in [3.8, 4) is 21.8 Å². The van der Waals surface area contributed by atoms with Gasteiger partial charge in [-0.25, -0.2) is 23.9 Å². The van der Waals surface area contributed by atoms with Crippen molar-refractivity contribution in [2.24, 2.45) is 11.3 Å². The lowest BCUT2D eigenvalue weighted by Gasteiger charge is -2.35. The predicted molar refractivity (Wildman–Crippen MR) is 278 cm³/mol. The van der Waals surface area contributed by atoms with Crippen molar-refractivity contribution in [1.82, 2.24) is 34.4 Å². The number of likely N-dealkylation sites (tertiary alicyclic amines) is 1. The maximum absolute atomic E-state index is 14.2. The number of aliphatic hydroxyl groups excluding tert-OH is 1. The van der Waals surface area contributed by atoms with Crippen molar-refractivity contribution < 1.29 is 28.7 Å². The third kappa shape index (κ3) is 11.6. The fourth-order valence-electron chi connectivity index (χ4n) is 10.6. The third-order valence-electron chi connectivity index (χ3n) is 14.8. The van der Waals surface area contributed by atoms with Crippen molar-refractivity contribution in [3.63, 3.8) is 0 Å². The molecule has 4 aromatic heterocycles. The number of carbonyl (C=O) groups excluding carboxylic acids is 4. The summed E-state index contributed by atoms with van der Waals surface area (Å²) in [6.07, 6.45) is 6.67. The number of unbranched alkanes of at least 4 members (excludes halogenated alkanes) is 2. The van der Waals surface area contributed by atoms with Crippen LogP contribution >= 0.6 is 11.3 Å². The van der Waals surface area contributed by atoms with Gasteiger partial charge in [0.15, 0.2) is 11.4 Å². The number of amides is 2. The number of imidazole rings is 1. The van der Waals surface area contributed by atoms with Gasteiger partial charge in [0, 0.05) is 77.3 Å². The van der Waals surface area contributed by atoms with Gasteiger partial charge >= 0.3 is 0 Å². The fraction of sp³-hybridized carbons (Fsp3) is 0.464. The largest absolute Gasteiger partial charge is 0.391 e. The second kappa shape index (κ2) is 22.2. The van der Waals surface area contributed by atoms with Gasteiger partial charge in [-0.2, -0.15) is 0 Å². The molecule has 3 aliphatic rings. The molecule has 16 heteroatoms. The number of halogens is 1. The van der Waals surface area contributed by atoms with Gasteiger partial charge in [0.05, 0.1) is 46.2 Å². The van der Waals surface area contributed by atoms with Crippen LogP contribution < -0.4 is 9.80 Å². The van der Waals surface area contributed by atoms with Crippen LogP contribution in [-0.4, -0.2) is 114 Å². The highest BCUT2D eigenvalue weighted by Gasteiger charge is 2.44. The van der Waals surface area contributed by atoms with Gasteiger partial charge < -0.3 is 24.7 Å². The molecular weight excluding hydrogens is 930 g/mol. The normalized spacial score (nSPS) is 18.8. The number of Topliss-reactive ketones (excluding diaryl/α,β-unsaturated/α-hetero) is 2. The monoisotopic (exact) mass is 995 g/mol. The molecule has 3 saturated heterocycles. The molecule has 0 aliphatic carbocycles. The first-order valence-electron chi connectivity index (χ1n) is 25.6. The Hall–Kier alpha value is -6.39. The Labute approximate surface area is 425 Å². The lowest BCUT2D eigenvalue weighted by atomic mass is 9.76. The lowest BCUT2D eigenvalue weighted by Crippen LogP contribution is -2.49. The number of aliphatic hydroxyl groups is 1. The van der Waals surface area contributed by atoms with Crippen molar-refractivity contribution in [3.05, 3.63) is 113 Å². The number of benzene rings is 2. The molecule has 0 saturated carbocycles. The van der Waals surface area contributed by atoms with E-state index in [-0.39, 0.29) is 61.0 Å². The number of aromatic nitrogens is 5. The van der Waals surface area contributed by atoms with E-state index in [0.29, 0.717) is 63.9 Å². The van der Waals surface area contributed by atoms with E-state index in [1.54, 1.807) is 29.7 Å². The average Bonchev–Trinajstić information content (AvgIpc) is 4.21. The molecule has 6 aromatic rings. The zero-order chi connectivity index (χ0) is 50.5. The number of aryl methyl sites for hydroxylation is 2. The number of piperazine rings is 1. The highest BCUT2D eigenvalue weighted by Crippen LogP contribution is 2.37. The molecule has 3 aliphatic heterocycles. The molecule has 0 spiro atoms. The Kier molecular flexibility index (Phi) is 15.6. The molecular formula is C56H66FN9O5S. The summed E-state index contributed by atoms with van der Waals surface area (Å²) in [5.74, 6) is 0.505. The smallest absolute Gasteiger partial charge is 0.227 e. The number of thiazole rings is 1. The molecule has 14 nitrogen and oxygen atoms in total. The van der Waals surface area contributed by atoms with Crippen LogP contribution in [0.5, 0.6) is 0 Å². The molecule has 1 N–H and O–H groups in total. The minimum Gasteiger partial charge on any atom is -0.391 e. The van der Waals surface area contributed by atoms with Crippen molar-refractivity contribution in [2.45, 2.75) is 117 Å². The predicted octanol–water partition coefficient (Wildman–Crippen LogP) is 9.09. The van der Waals surface area contributed by atoms with Crippen LogP contribution in [0.3, 0.4) is 0 Å². The van der Waals surface area contributed by atoms with Crippen LogP contribution in [0.4, 0.5) is 16.0 Å². The van der Waals surface area contributed by atoms with E-state index in [1.165, 1.54) is 11.0 Å². The highest BCUT2D eigenvalue weighted by molar-refractivity contribution is 7.13. The summed E-state index contributed by atoms with van der Waals surface area (Å²) >= 11 is 1.60. The van der Waals surface area contributed by atoms with Crippen LogP contribution in [0.25, 0.3) is 27.5 Å². The topological polar surface area (TPSA) is 157 Å². The van der Waals surface area contributed by atoms with Crippen molar-refractivity contribution in [2.75, 3.05) is 49.1 Å². The minimum atomic E-state index is -0.795. The Morgan fingerprint density at radius 2 is 1.64 bits per heavy atom. The standard InChI is InChI=1S/C56H66FN9O5S/c1-37-54(72-36-59-37)39-21-18-38(19-22-39)20-23-49(69)47-33-43(68)35-65(47)55(71)44(56(2,3)4)32-42(67)13-6-5-7-17-53(70)63-29-27-62(28-30-63)51-16-9-14-45(60-51)48-34-58-50-24-25-52(61-66(48)50)64-26-10-15-46(64)40-11-8-12-41(57)31-40/h8-9,11-12,14,16,18-19,21-22,24-25,31,34,36,43-44,46-47,68H,5-7,10,13,15,17,20,23,26-30,32-33,35H2,1-4H3/t43-,44-,46-,47+/m1/s1. The zero-order valence-corrected chi connectivity index (χ0v) is 42.7. The number of ketones is 2. The number of carbonyl (C=O) groups is 4. The minimum absolute atomic E-state index is 0.0108. The van der Waals surface area contributed by atoms with Crippen molar-refractivity contribution >= 4 is 52.0 Å². The van der Waals surface area contributed by atoms with Gasteiger partial charge in [0.1, 0.15) is 28.9 Å².